The first-order valence-corrected chi connectivity index (χ1v) is 5.62. The molecule has 1 aromatic carbocycles. The Balaban J connectivity index is 2.10. The summed E-state index contributed by atoms with van der Waals surface area (Å²) >= 11 is 1.81. The first-order chi connectivity index (χ1) is 6.83. The third-order valence-corrected chi connectivity index (χ3v) is 3.96. The minimum Gasteiger partial charge on any atom is -0.469 e. The van der Waals surface area contributed by atoms with Gasteiger partial charge in [-0.3, -0.25) is 4.79 Å². The van der Waals surface area contributed by atoms with Crippen LogP contribution in [0.1, 0.15) is 10.8 Å². The minimum atomic E-state index is -0.0856. The van der Waals surface area contributed by atoms with E-state index in [-0.39, 0.29) is 11.9 Å². The Labute approximate surface area is 87.6 Å². The van der Waals surface area contributed by atoms with Crippen LogP contribution in [0.25, 0.3) is 0 Å². The van der Waals surface area contributed by atoms with Crippen molar-refractivity contribution in [2.24, 2.45) is 5.92 Å². The molecule has 0 N–H and O–H groups in total. The van der Waals surface area contributed by atoms with Crippen LogP contribution in [0.3, 0.4) is 0 Å². The van der Waals surface area contributed by atoms with Crippen LogP contribution in [0.4, 0.5) is 0 Å². The molecule has 0 aliphatic carbocycles. The van der Waals surface area contributed by atoms with Crippen LogP contribution >= 0.6 is 11.8 Å². The van der Waals surface area contributed by atoms with E-state index in [1.165, 1.54) is 12.7 Å². The lowest BCUT2D eigenvalue weighted by Crippen LogP contribution is -2.32. The summed E-state index contributed by atoms with van der Waals surface area (Å²) in [6.07, 6.45) is 0. The Bertz CT molecular complexity index is 323. The summed E-state index contributed by atoms with van der Waals surface area (Å²) in [4.78, 5) is 11.3. The molecule has 3 heteroatoms. The van der Waals surface area contributed by atoms with Gasteiger partial charge in [-0.1, -0.05) is 30.3 Å². The zero-order valence-electron chi connectivity index (χ0n) is 7.97. The van der Waals surface area contributed by atoms with Crippen molar-refractivity contribution in [1.29, 1.82) is 0 Å². The molecular formula is C11H12O2S. The number of rotatable bonds is 2. The second kappa shape index (κ2) is 4.05. The summed E-state index contributed by atoms with van der Waals surface area (Å²) in [6.45, 7) is 0. The van der Waals surface area contributed by atoms with Crippen molar-refractivity contribution in [2.75, 3.05) is 12.9 Å². The molecule has 74 valence electrons. The quantitative estimate of drug-likeness (QED) is 0.697. The van der Waals surface area contributed by atoms with E-state index in [4.69, 9.17) is 4.74 Å². The fraction of sp³-hybridized carbons (Fsp3) is 0.364. The summed E-state index contributed by atoms with van der Waals surface area (Å²) < 4.78 is 4.75. The molecule has 2 rings (SSSR count). The maximum Gasteiger partial charge on any atom is 0.310 e. The van der Waals surface area contributed by atoms with Crippen LogP contribution in [-0.4, -0.2) is 18.8 Å². The number of carbonyl (C=O) groups excluding carboxylic acids is 1. The van der Waals surface area contributed by atoms with E-state index in [0.29, 0.717) is 5.25 Å². The van der Waals surface area contributed by atoms with Crippen molar-refractivity contribution < 1.29 is 9.53 Å². The highest BCUT2D eigenvalue weighted by Gasteiger charge is 2.39. The Morgan fingerprint density at radius 3 is 2.64 bits per heavy atom. The van der Waals surface area contributed by atoms with E-state index < -0.39 is 0 Å². The Hall–Kier alpha value is -0.960. The average molecular weight is 208 g/mol. The lowest BCUT2D eigenvalue weighted by atomic mass is 9.99. The van der Waals surface area contributed by atoms with Gasteiger partial charge in [0.15, 0.2) is 0 Å². The van der Waals surface area contributed by atoms with E-state index in [1.807, 2.05) is 30.0 Å². The van der Waals surface area contributed by atoms with Crippen molar-refractivity contribution >= 4 is 17.7 Å². The van der Waals surface area contributed by atoms with Crippen LogP contribution in [0.15, 0.2) is 30.3 Å². The SMILES string of the molecule is COC(=O)[C@@H]1CS[C@H]1c1ccccc1. The molecule has 0 spiro atoms. The number of methoxy groups -OCH3 is 1. The first kappa shape index (κ1) is 9.59. The number of esters is 1. The van der Waals surface area contributed by atoms with Gasteiger partial charge in [-0.2, -0.15) is 11.8 Å². The molecule has 0 saturated carbocycles. The largest absolute Gasteiger partial charge is 0.469 e. The van der Waals surface area contributed by atoms with Gasteiger partial charge >= 0.3 is 5.97 Å². The zero-order chi connectivity index (χ0) is 9.97. The Kier molecular flexibility index (Phi) is 2.77. The van der Waals surface area contributed by atoms with Gasteiger partial charge in [0, 0.05) is 11.0 Å². The van der Waals surface area contributed by atoms with Gasteiger partial charge in [-0.25, -0.2) is 0 Å². The predicted molar refractivity (Wildman–Crippen MR) is 57.1 cm³/mol. The topological polar surface area (TPSA) is 26.3 Å². The van der Waals surface area contributed by atoms with Gasteiger partial charge in [0.1, 0.15) is 0 Å². The smallest absolute Gasteiger partial charge is 0.310 e. The molecule has 1 aliphatic rings. The molecule has 0 amide bonds. The van der Waals surface area contributed by atoms with Crippen molar-refractivity contribution in [3.63, 3.8) is 0 Å². The minimum absolute atomic E-state index is 0.0485. The summed E-state index contributed by atoms with van der Waals surface area (Å²) in [7, 11) is 1.45. The van der Waals surface area contributed by atoms with Gasteiger partial charge < -0.3 is 4.74 Å². The Morgan fingerprint density at radius 2 is 2.14 bits per heavy atom. The summed E-state index contributed by atoms with van der Waals surface area (Å²) in [6, 6.07) is 10.1. The molecule has 2 atom stereocenters. The molecule has 0 aromatic heterocycles. The maximum absolute atomic E-state index is 11.3. The fourth-order valence-corrected chi connectivity index (χ4v) is 2.78. The summed E-state index contributed by atoms with van der Waals surface area (Å²) in [5.74, 6) is 0.844. The normalized spacial score (nSPS) is 25.2. The molecule has 1 aromatic rings. The van der Waals surface area contributed by atoms with E-state index in [2.05, 4.69) is 12.1 Å². The third kappa shape index (κ3) is 1.64. The average Bonchev–Trinajstić information content (AvgIpc) is 2.17. The van der Waals surface area contributed by atoms with E-state index in [9.17, 15) is 4.79 Å². The van der Waals surface area contributed by atoms with Crippen molar-refractivity contribution in [1.82, 2.24) is 0 Å². The van der Waals surface area contributed by atoms with Crippen molar-refractivity contribution in [3.05, 3.63) is 35.9 Å². The lowest BCUT2D eigenvalue weighted by Gasteiger charge is -2.33. The molecule has 0 radical (unpaired) electrons. The second-order valence-electron chi connectivity index (χ2n) is 3.29. The standard InChI is InChI=1S/C11H12O2S/c1-13-11(12)9-7-14-10(9)8-5-3-2-4-6-8/h2-6,9-10H,7H2,1H3/t9-,10+/m1/s1. The van der Waals surface area contributed by atoms with Crippen molar-refractivity contribution in [3.8, 4) is 0 Å². The van der Waals surface area contributed by atoms with Gasteiger partial charge in [-0.15, -0.1) is 0 Å². The predicted octanol–water partition coefficient (Wildman–Crippen LogP) is 2.26. The monoisotopic (exact) mass is 208 g/mol. The summed E-state index contributed by atoms with van der Waals surface area (Å²) in [5.41, 5.74) is 1.22. The van der Waals surface area contributed by atoms with Gasteiger partial charge in [0.2, 0.25) is 0 Å². The zero-order valence-corrected chi connectivity index (χ0v) is 8.79. The molecule has 0 bridgehead atoms. The van der Waals surface area contributed by atoms with Gasteiger partial charge in [-0.05, 0) is 5.56 Å². The van der Waals surface area contributed by atoms with Gasteiger partial charge in [0.25, 0.3) is 0 Å². The number of carbonyl (C=O) groups is 1. The fourth-order valence-electron chi connectivity index (χ4n) is 1.60. The number of ether oxygens (including phenoxy) is 1. The first-order valence-electron chi connectivity index (χ1n) is 4.57. The van der Waals surface area contributed by atoms with Crippen LogP contribution < -0.4 is 0 Å². The molecular weight excluding hydrogens is 196 g/mol. The number of thioether (sulfide) groups is 1. The second-order valence-corrected chi connectivity index (χ2v) is 4.47. The van der Waals surface area contributed by atoms with Gasteiger partial charge in [0.05, 0.1) is 13.0 Å². The highest BCUT2D eigenvalue weighted by atomic mass is 32.2. The van der Waals surface area contributed by atoms with Crippen LogP contribution in [0.5, 0.6) is 0 Å². The number of hydrogen-bond acceptors (Lipinski definition) is 3. The molecule has 1 aliphatic heterocycles. The molecule has 0 unspecified atom stereocenters. The summed E-state index contributed by atoms with van der Waals surface area (Å²) in [5, 5.41) is 0.295. The number of hydrogen-bond donors (Lipinski definition) is 0. The highest BCUT2D eigenvalue weighted by molar-refractivity contribution is 8.01. The molecule has 1 saturated heterocycles. The van der Waals surface area contributed by atoms with E-state index in [0.717, 1.165) is 5.75 Å². The molecule has 1 heterocycles. The maximum atomic E-state index is 11.3. The molecule has 2 nitrogen and oxygen atoms in total. The molecule has 14 heavy (non-hydrogen) atoms. The third-order valence-electron chi connectivity index (χ3n) is 2.45. The van der Waals surface area contributed by atoms with E-state index >= 15 is 0 Å². The van der Waals surface area contributed by atoms with E-state index in [1.54, 1.807) is 0 Å². The Morgan fingerprint density at radius 1 is 1.43 bits per heavy atom. The van der Waals surface area contributed by atoms with Crippen molar-refractivity contribution in [2.45, 2.75) is 5.25 Å². The van der Waals surface area contributed by atoms with Crippen LogP contribution in [0, 0.1) is 5.92 Å². The van der Waals surface area contributed by atoms with Crippen LogP contribution in [0.2, 0.25) is 0 Å². The highest BCUT2D eigenvalue weighted by Crippen LogP contribution is 2.47. The number of benzene rings is 1. The molecule has 1 fully saturated rings. The lowest BCUT2D eigenvalue weighted by molar-refractivity contribution is -0.145. The van der Waals surface area contributed by atoms with Crippen LogP contribution in [-0.2, 0) is 9.53 Å².